The van der Waals surface area contributed by atoms with Gasteiger partial charge in [-0.1, -0.05) is 6.07 Å². The Hall–Kier alpha value is -1.49. The first kappa shape index (κ1) is 13.6. The minimum absolute atomic E-state index is 0.249. The lowest BCUT2D eigenvalue weighted by atomic mass is 10.1. The molecule has 0 spiro atoms. The number of nitrogens with two attached hydrogens (primary N) is 1. The number of likely N-dealkylation sites (N-methyl/N-ethyl adjacent to an activating group) is 1. The summed E-state index contributed by atoms with van der Waals surface area (Å²) in [6, 6.07) is 2.41. The van der Waals surface area contributed by atoms with Crippen molar-refractivity contribution in [1.82, 2.24) is 4.90 Å². The van der Waals surface area contributed by atoms with Gasteiger partial charge in [0.1, 0.15) is 17.2 Å². The van der Waals surface area contributed by atoms with Crippen molar-refractivity contribution < 1.29 is 13.6 Å². The minimum Gasteiger partial charge on any atom is -0.337 e. The van der Waals surface area contributed by atoms with Gasteiger partial charge in [-0.2, -0.15) is 0 Å². The van der Waals surface area contributed by atoms with Gasteiger partial charge in [0, 0.05) is 19.6 Å². The fourth-order valence-corrected chi connectivity index (χ4v) is 1.57. The largest absolute Gasteiger partial charge is 0.337 e. The van der Waals surface area contributed by atoms with Gasteiger partial charge >= 0.3 is 0 Å². The van der Waals surface area contributed by atoms with Crippen molar-refractivity contribution in [3.63, 3.8) is 0 Å². The van der Waals surface area contributed by atoms with Crippen molar-refractivity contribution in [2.45, 2.75) is 13.8 Å². The number of carbonyl (C=O) groups excluding carboxylic acids is 1. The molecule has 3 nitrogen and oxygen atoms in total. The second kappa shape index (κ2) is 5.72. The van der Waals surface area contributed by atoms with E-state index in [1.807, 2.05) is 0 Å². The molecule has 0 unspecified atom stereocenters. The maximum absolute atomic E-state index is 13.7. The van der Waals surface area contributed by atoms with E-state index in [4.69, 9.17) is 5.73 Å². The van der Waals surface area contributed by atoms with Crippen LogP contribution in [0.1, 0.15) is 22.8 Å². The SMILES string of the molecule is CCN(CCN)C(=O)c1c(F)ccc(C)c1F. The predicted molar refractivity (Wildman–Crippen MR) is 61.7 cm³/mol. The highest BCUT2D eigenvalue weighted by molar-refractivity contribution is 5.95. The monoisotopic (exact) mass is 242 g/mol. The Kier molecular flexibility index (Phi) is 4.57. The van der Waals surface area contributed by atoms with Crippen molar-refractivity contribution >= 4 is 5.91 Å². The molecule has 0 aromatic heterocycles. The number of rotatable bonds is 4. The zero-order valence-corrected chi connectivity index (χ0v) is 9.96. The molecule has 1 aromatic rings. The highest BCUT2D eigenvalue weighted by atomic mass is 19.1. The van der Waals surface area contributed by atoms with Crippen LogP contribution in [0.3, 0.4) is 0 Å². The lowest BCUT2D eigenvalue weighted by molar-refractivity contribution is 0.0759. The van der Waals surface area contributed by atoms with Crippen LogP contribution in [0.5, 0.6) is 0 Å². The van der Waals surface area contributed by atoms with E-state index in [0.717, 1.165) is 6.07 Å². The van der Waals surface area contributed by atoms with Gasteiger partial charge in [-0.15, -0.1) is 0 Å². The summed E-state index contributed by atoms with van der Waals surface area (Å²) in [5, 5.41) is 0. The van der Waals surface area contributed by atoms with Gasteiger partial charge in [-0.3, -0.25) is 4.79 Å². The Balaban J connectivity index is 3.15. The summed E-state index contributed by atoms with van der Waals surface area (Å²) >= 11 is 0. The summed E-state index contributed by atoms with van der Waals surface area (Å²) in [6.45, 7) is 4.13. The van der Waals surface area contributed by atoms with Crippen LogP contribution in [0, 0.1) is 18.6 Å². The number of nitrogens with zero attached hydrogens (tertiary/aromatic N) is 1. The first-order chi connectivity index (χ1) is 8.02. The fourth-order valence-electron chi connectivity index (χ4n) is 1.57. The van der Waals surface area contributed by atoms with Gasteiger partial charge in [0.25, 0.3) is 5.91 Å². The molecule has 0 aliphatic heterocycles. The molecule has 0 radical (unpaired) electrons. The van der Waals surface area contributed by atoms with E-state index in [0.29, 0.717) is 6.54 Å². The minimum atomic E-state index is -0.839. The molecule has 1 rings (SSSR count). The molecule has 0 aliphatic rings. The summed E-state index contributed by atoms with van der Waals surface area (Å²) in [7, 11) is 0. The van der Waals surface area contributed by atoms with Crippen molar-refractivity contribution in [2.75, 3.05) is 19.6 Å². The number of aryl methyl sites for hydroxylation is 1. The van der Waals surface area contributed by atoms with Crippen molar-refractivity contribution in [1.29, 1.82) is 0 Å². The lowest BCUT2D eigenvalue weighted by Crippen LogP contribution is -2.36. The van der Waals surface area contributed by atoms with Crippen molar-refractivity contribution in [3.8, 4) is 0 Å². The first-order valence-corrected chi connectivity index (χ1v) is 5.46. The summed E-state index contributed by atoms with van der Waals surface area (Å²) in [6.07, 6.45) is 0. The molecule has 0 bridgehead atoms. The Labute approximate surface area is 99.2 Å². The molecule has 0 atom stereocenters. The number of hydrogen-bond acceptors (Lipinski definition) is 2. The molecule has 0 saturated carbocycles. The maximum atomic E-state index is 13.7. The molecule has 2 N–H and O–H groups in total. The predicted octanol–water partition coefficient (Wildman–Crippen LogP) is 1.69. The fraction of sp³-hybridized carbons (Fsp3) is 0.417. The summed E-state index contributed by atoms with van der Waals surface area (Å²) in [4.78, 5) is 13.3. The molecule has 0 saturated heterocycles. The van der Waals surface area contributed by atoms with Crippen molar-refractivity contribution in [3.05, 3.63) is 34.9 Å². The summed E-state index contributed by atoms with van der Waals surface area (Å²) < 4.78 is 27.2. The van der Waals surface area contributed by atoms with Crippen LogP contribution < -0.4 is 5.73 Å². The van der Waals surface area contributed by atoms with Gasteiger partial charge in [0.15, 0.2) is 0 Å². The van der Waals surface area contributed by atoms with Gasteiger partial charge in [-0.25, -0.2) is 8.78 Å². The second-order valence-corrected chi connectivity index (χ2v) is 3.73. The Morgan fingerprint density at radius 2 is 2.06 bits per heavy atom. The van der Waals surface area contributed by atoms with Crippen LogP contribution in [0.4, 0.5) is 8.78 Å². The summed E-state index contributed by atoms with van der Waals surface area (Å²) in [5.74, 6) is -2.30. The van der Waals surface area contributed by atoms with Gasteiger partial charge in [0.05, 0.1) is 0 Å². The molecule has 1 amide bonds. The van der Waals surface area contributed by atoms with E-state index in [9.17, 15) is 13.6 Å². The molecule has 0 aliphatic carbocycles. The Bertz CT molecular complexity index is 421. The van der Waals surface area contributed by atoms with Crippen LogP contribution in [0.25, 0.3) is 0 Å². The van der Waals surface area contributed by atoms with Gasteiger partial charge in [0.2, 0.25) is 0 Å². The molecule has 94 valence electrons. The van der Waals surface area contributed by atoms with Crippen LogP contribution in [0.2, 0.25) is 0 Å². The number of halogens is 2. The zero-order valence-electron chi connectivity index (χ0n) is 9.96. The quantitative estimate of drug-likeness (QED) is 0.873. The maximum Gasteiger partial charge on any atom is 0.259 e. The second-order valence-electron chi connectivity index (χ2n) is 3.73. The van der Waals surface area contributed by atoms with E-state index >= 15 is 0 Å². The Morgan fingerprint density at radius 1 is 1.41 bits per heavy atom. The molecule has 1 aromatic carbocycles. The highest BCUT2D eigenvalue weighted by Crippen LogP contribution is 2.18. The topological polar surface area (TPSA) is 46.3 Å². The third kappa shape index (κ3) is 2.79. The van der Waals surface area contributed by atoms with Crippen LogP contribution in [0.15, 0.2) is 12.1 Å². The van der Waals surface area contributed by atoms with Crippen LogP contribution in [-0.4, -0.2) is 30.4 Å². The molecule has 17 heavy (non-hydrogen) atoms. The normalized spacial score (nSPS) is 10.4. The average molecular weight is 242 g/mol. The first-order valence-electron chi connectivity index (χ1n) is 5.46. The zero-order chi connectivity index (χ0) is 13.0. The van der Waals surface area contributed by atoms with E-state index in [1.54, 1.807) is 6.92 Å². The smallest absolute Gasteiger partial charge is 0.259 e. The molecule has 0 heterocycles. The molecular weight excluding hydrogens is 226 g/mol. The van der Waals surface area contributed by atoms with Crippen LogP contribution >= 0.6 is 0 Å². The van der Waals surface area contributed by atoms with E-state index in [-0.39, 0.29) is 18.7 Å². The van der Waals surface area contributed by atoms with Crippen LogP contribution in [-0.2, 0) is 0 Å². The standard InChI is InChI=1S/C12H16F2N2O/c1-3-16(7-6-15)12(17)10-9(13)5-4-8(2)11(10)14/h4-5H,3,6-7,15H2,1-2H3. The molecular formula is C12H16F2N2O. The van der Waals surface area contributed by atoms with Gasteiger partial charge < -0.3 is 10.6 Å². The number of benzene rings is 1. The lowest BCUT2D eigenvalue weighted by Gasteiger charge is -2.20. The third-order valence-electron chi connectivity index (χ3n) is 2.57. The molecule has 0 fully saturated rings. The van der Waals surface area contributed by atoms with E-state index in [2.05, 4.69) is 0 Å². The highest BCUT2D eigenvalue weighted by Gasteiger charge is 2.22. The number of hydrogen-bond donors (Lipinski definition) is 1. The van der Waals surface area contributed by atoms with E-state index in [1.165, 1.54) is 17.9 Å². The van der Waals surface area contributed by atoms with E-state index < -0.39 is 23.1 Å². The molecule has 5 heteroatoms. The number of carbonyl (C=O) groups is 1. The van der Waals surface area contributed by atoms with Gasteiger partial charge in [-0.05, 0) is 25.5 Å². The average Bonchev–Trinajstić information content (AvgIpc) is 2.31. The Morgan fingerprint density at radius 3 is 2.59 bits per heavy atom. The summed E-state index contributed by atoms with van der Waals surface area (Å²) in [5.41, 5.74) is 5.09. The third-order valence-corrected chi connectivity index (χ3v) is 2.57. The number of amides is 1. The van der Waals surface area contributed by atoms with Crippen molar-refractivity contribution in [2.24, 2.45) is 5.73 Å².